The Labute approximate surface area is 116 Å². The van der Waals surface area contributed by atoms with Crippen LogP contribution in [-0.4, -0.2) is 41.8 Å². The number of hydrogen-bond donors (Lipinski definition) is 1. The Balaban J connectivity index is 1.76. The fraction of sp³-hybridized carbons (Fsp3) is 0.933. The highest BCUT2D eigenvalue weighted by atomic mass is 16.6. The van der Waals surface area contributed by atoms with Crippen LogP contribution in [0.4, 0.5) is 4.79 Å². The molecule has 4 heteroatoms. The van der Waals surface area contributed by atoms with Crippen LogP contribution in [0.1, 0.15) is 41.5 Å². The summed E-state index contributed by atoms with van der Waals surface area (Å²) in [6.07, 6.45) is -0.157. The number of amides is 1. The van der Waals surface area contributed by atoms with E-state index in [0.29, 0.717) is 29.8 Å². The summed E-state index contributed by atoms with van der Waals surface area (Å²) < 4.78 is 5.41. The van der Waals surface area contributed by atoms with Crippen molar-refractivity contribution in [2.45, 2.75) is 59.2 Å². The molecule has 19 heavy (non-hydrogen) atoms. The molecule has 2 rings (SSSR count). The van der Waals surface area contributed by atoms with Crippen LogP contribution >= 0.6 is 0 Å². The van der Waals surface area contributed by atoms with Gasteiger partial charge in [-0.2, -0.15) is 0 Å². The van der Waals surface area contributed by atoms with Crippen LogP contribution in [0.25, 0.3) is 0 Å². The summed E-state index contributed by atoms with van der Waals surface area (Å²) in [7, 11) is 0. The molecule has 0 bridgehead atoms. The third kappa shape index (κ3) is 3.41. The molecule has 1 amide bonds. The molecule has 1 N–H and O–H groups in total. The highest BCUT2D eigenvalue weighted by Crippen LogP contribution is 2.46. The number of rotatable bonds is 3. The summed E-state index contributed by atoms with van der Waals surface area (Å²) in [5, 5.41) is 3.68. The maximum absolute atomic E-state index is 11.9. The molecule has 110 valence electrons. The molecule has 1 aliphatic carbocycles. The Morgan fingerprint density at radius 1 is 1.21 bits per heavy atom. The van der Waals surface area contributed by atoms with Gasteiger partial charge < -0.3 is 15.0 Å². The topological polar surface area (TPSA) is 41.6 Å². The third-order valence-electron chi connectivity index (χ3n) is 4.30. The number of likely N-dealkylation sites (tertiary alicyclic amines) is 1. The Kier molecular flexibility index (Phi) is 3.83. The number of nitrogens with one attached hydrogen (secondary N) is 1. The van der Waals surface area contributed by atoms with Gasteiger partial charge in [0.2, 0.25) is 0 Å². The summed E-state index contributed by atoms with van der Waals surface area (Å²) in [5.74, 6) is 1.92. The Bertz CT molecular complexity index is 337. The molecule has 0 aromatic heterocycles. The van der Waals surface area contributed by atoms with Crippen molar-refractivity contribution in [3.8, 4) is 0 Å². The largest absolute Gasteiger partial charge is 0.444 e. The van der Waals surface area contributed by atoms with E-state index in [0.717, 1.165) is 13.1 Å². The van der Waals surface area contributed by atoms with Gasteiger partial charge in [0, 0.05) is 25.2 Å². The lowest BCUT2D eigenvalue weighted by Crippen LogP contribution is -2.41. The van der Waals surface area contributed by atoms with Gasteiger partial charge in [0.1, 0.15) is 5.60 Å². The molecule has 1 aliphatic heterocycles. The second-order valence-electron chi connectivity index (χ2n) is 7.44. The van der Waals surface area contributed by atoms with E-state index in [9.17, 15) is 4.79 Å². The van der Waals surface area contributed by atoms with Gasteiger partial charge in [-0.15, -0.1) is 0 Å². The molecule has 1 heterocycles. The van der Waals surface area contributed by atoms with E-state index in [1.165, 1.54) is 0 Å². The van der Waals surface area contributed by atoms with Crippen molar-refractivity contribution in [3.63, 3.8) is 0 Å². The van der Waals surface area contributed by atoms with E-state index in [1.807, 2.05) is 25.7 Å². The quantitative estimate of drug-likeness (QED) is 0.855. The maximum Gasteiger partial charge on any atom is 0.410 e. The van der Waals surface area contributed by atoms with Crippen LogP contribution in [0, 0.1) is 17.8 Å². The SMILES string of the molecule is CC(C)C(C)NC1C2CN(C(=O)OC(C)(C)C)CC21. The van der Waals surface area contributed by atoms with E-state index in [1.54, 1.807) is 0 Å². The van der Waals surface area contributed by atoms with E-state index in [2.05, 4.69) is 26.1 Å². The highest BCUT2D eigenvalue weighted by Gasteiger charge is 2.57. The first-order valence-electron chi connectivity index (χ1n) is 7.43. The van der Waals surface area contributed by atoms with Crippen molar-refractivity contribution >= 4 is 6.09 Å². The van der Waals surface area contributed by atoms with Crippen LogP contribution < -0.4 is 5.32 Å². The molecule has 2 aliphatic rings. The van der Waals surface area contributed by atoms with Crippen molar-refractivity contribution in [3.05, 3.63) is 0 Å². The predicted molar refractivity (Wildman–Crippen MR) is 76.0 cm³/mol. The summed E-state index contributed by atoms with van der Waals surface area (Å²) in [4.78, 5) is 13.8. The zero-order valence-electron chi connectivity index (χ0n) is 13.1. The molecule has 0 radical (unpaired) electrons. The van der Waals surface area contributed by atoms with Crippen LogP contribution in [0.15, 0.2) is 0 Å². The number of carbonyl (C=O) groups is 1. The zero-order valence-corrected chi connectivity index (χ0v) is 13.1. The number of hydrogen-bond acceptors (Lipinski definition) is 3. The van der Waals surface area contributed by atoms with Crippen LogP contribution in [0.3, 0.4) is 0 Å². The average molecular weight is 268 g/mol. The fourth-order valence-corrected chi connectivity index (χ4v) is 2.75. The molecule has 4 nitrogen and oxygen atoms in total. The summed E-state index contributed by atoms with van der Waals surface area (Å²) in [6, 6.07) is 1.15. The molecular formula is C15H28N2O2. The lowest BCUT2D eigenvalue weighted by Gasteiger charge is -2.26. The predicted octanol–water partition coefficient (Wildman–Crippen LogP) is 2.49. The van der Waals surface area contributed by atoms with Crippen molar-refractivity contribution in [2.24, 2.45) is 17.8 Å². The van der Waals surface area contributed by atoms with E-state index in [-0.39, 0.29) is 6.09 Å². The van der Waals surface area contributed by atoms with Gasteiger partial charge in [0.15, 0.2) is 0 Å². The molecule has 3 atom stereocenters. The minimum atomic E-state index is -0.395. The second-order valence-corrected chi connectivity index (χ2v) is 7.44. The van der Waals surface area contributed by atoms with Crippen molar-refractivity contribution < 1.29 is 9.53 Å². The van der Waals surface area contributed by atoms with Crippen molar-refractivity contribution in [1.29, 1.82) is 0 Å². The van der Waals surface area contributed by atoms with Crippen molar-refractivity contribution in [1.82, 2.24) is 10.2 Å². The first kappa shape index (κ1) is 14.6. The third-order valence-corrected chi connectivity index (χ3v) is 4.30. The molecule has 1 saturated heterocycles. The number of fused-ring (bicyclic) bond motifs is 1. The smallest absolute Gasteiger partial charge is 0.410 e. The lowest BCUT2D eigenvalue weighted by atomic mass is 10.1. The molecule has 2 fully saturated rings. The summed E-state index contributed by atoms with van der Waals surface area (Å²) >= 11 is 0. The first-order chi connectivity index (χ1) is 8.69. The van der Waals surface area contributed by atoms with Crippen LogP contribution in [0.2, 0.25) is 0 Å². The van der Waals surface area contributed by atoms with Gasteiger partial charge in [0.05, 0.1) is 0 Å². The molecular weight excluding hydrogens is 240 g/mol. The normalized spacial score (nSPS) is 31.3. The monoisotopic (exact) mass is 268 g/mol. The Morgan fingerprint density at radius 2 is 1.74 bits per heavy atom. The molecule has 0 aromatic rings. The molecule has 1 saturated carbocycles. The average Bonchev–Trinajstić information content (AvgIpc) is 2.72. The standard InChI is InChI=1S/C15H28N2O2/c1-9(2)10(3)16-13-11-7-17(8-12(11)13)14(18)19-15(4,5)6/h9-13,16H,7-8H2,1-6H3. The summed E-state index contributed by atoms with van der Waals surface area (Å²) in [5.41, 5.74) is -0.395. The number of piperidine rings is 1. The summed E-state index contributed by atoms with van der Waals surface area (Å²) in [6.45, 7) is 14.2. The molecule has 0 spiro atoms. The van der Waals surface area contributed by atoms with Gasteiger partial charge in [-0.05, 0) is 45.4 Å². The Morgan fingerprint density at radius 3 is 2.16 bits per heavy atom. The van der Waals surface area contributed by atoms with Crippen molar-refractivity contribution in [2.75, 3.05) is 13.1 Å². The first-order valence-corrected chi connectivity index (χ1v) is 7.43. The molecule has 3 unspecified atom stereocenters. The number of nitrogens with zero attached hydrogens (tertiary/aromatic N) is 1. The fourth-order valence-electron chi connectivity index (χ4n) is 2.75. The minimum absolute atomic E-state index is 0.157. The second kappa shape index (κ2) is 4.97. The van der Waals surface area contributed by atoms with Gasteiger partial charge >= 0.3 is 6.09 Å². The van der Waals surface area contributed by atoms with Gasteiger partial charge in [-0.1, -0.05) is 13.8 Å². The number of ether oxygens (including phenoxy) is 1. The minimum Gasteiger partial charge on any atom is -0.444 e. The van der Waals surface area contributed by atoms with Crippen LogP contribution in [-0.2, 0) is 4.74 Å². The van der Waals surface area contributed by atoms with Gasteiger partial charge in [-0.25, -0.2) is 4.79 Å². The maximum atomic E-state index is 11.9. The highest BCUT2D eigenvalue weighted by molar-refractivity contribution is 5.69. The number of carbonyl (C=O) groups excluding carboxylic acids is 1. The van der Waals surface area contributed by atoms with Crippen LogP contribution in [0.5, 0.6) is 0 Å². The van der Waals surface area contributed by atoms with Gasteiger partial charge in [0.25, 0.3) is 0 Å². The zero-order chi connectivity index (χ0) is 14.4. The Hall–Kier alpha value is -0.770. The van der Waals surface area contributed by atoms with Gasteiger partial charge in [-0.3, -0.25) is 0 Å². The van der Waals surface area contributed by atoms with E-state index < -0.39 is 5.60 Å². The lowest BCUT2D eigenvalue weighted by molar-refractivity contribution is 0.0268. The van der Waals surface area contributed by atoms with E-state index >= 15 is 0 Å². The molecule has 0 aromatic carbocycles. The van der Waals surface area contributed by atoms with E-state index in [4.69, 9.17) is 4.74 Å².